The van der Waals surface area contributed by atoms with E-state index in [1.807, 2.05) is 14.2 Å². The molecule has 0 aromatic heterocycles. The molecule has 144 valence electrons. The molecule has 8 unspecified atom stereocenters. The van der Waals surface area contributed by atoms with E-state index in [4.69, 9.17) is 18.9 Å². The lowest BCUT2D eigenvalue weighted by molar-refractivity contribution is -0.118. The highest BCUT2D eigenvalue weighted by molar-refractivity contribution is 9.10. The highest BCUT2D eigenvalue weighted by atomic mass is 79.9. The van der Waals surface area contributed by atoms with Crippen LogP contribution in [0.5, 0.6) is 0 Å². The van der Waals surface area contributed by atoms with Gasteiger partial charge in [0.2, 0.25) is 0 Å². The van der Waals surface area contributed by atoms with Crippen molar-refractivity contribution in [1.29, 1.82) is 0 Å². The van der Waals surface area contributed by atoms with Gasteiger partial charge in [-0.1, -0.05) is 31.9 Å². The number of alkyl halides is 2. The summed E-state index contributed by atoms with van der Waals surface area (Å²) in [5.74, 6) is 7.83. The molecule has 14 fully saturated rings. The minimum Gasteiger partial charge on any atom is -0.376 e. The molecule has 0 amide bonds. The summed E-state index contributed by atoms with van der Waals surface area (Å²) in [6.07, 6.45) is 0. The molecule has 28 heavy (non-hydrogen) atoms. The molecule has 4 nitrogen and oxygen atoms in total. The minimum atomic E-state index is -0.0584. The van der Waals surface area contributed by atoms with Crippen molar-refractivity contribution >= 4 is 31.9 Å². The molecule has 0 radical (unpaired) electrons. The van der Waals surface area contributed by atoms with Crippen LogP contribution in [-0.4, -0.2) is 56.5 Å². The van der Waals surface area contributed by atoms with Crippen LogP contribution >= 0.6 is 31.9 Å². The van der Waals surface area contributed by atoms with Gasteiger partial charge in [0.1, 0.15) is 22.4 Å². The first-order valence-corrected chi connectivity index (χ1v) is 13.0. The van der Waals surface area contributed by atoms with Crippen molar-refractivity contribution in [3.63, 3.8) is 0 Å². The first-order chi connectivity index (χ1) is 13.5. The van der Waals surface area contributed by atoms with Gasteiger partial charge in [-0.05, 0) is 23.7 Å². The van der Waals surface area contributed by atoms with Crippen LogP contribution in [0.2, 0.25) is 0 Å². The summed E-state index contributed by atoms with van der Waals surface area (Å²) in [4.78, 5) is 0. The molecule has 12 saturated carbocycles. The summed E-state index contributed by atoms with van der Waals surface area (Å²) < 4.78 is 28.3. The third-order valence-electron chi connectivity index (χ3n) is 15.0. The number of halogens is 2. The molecule has 14 aliphatic rings. The molecule has 2 saturated heterocycles. The molecule has 14 rings (SSSR count). The van der Waals surface area contributed by atoms with Gasteiger partial charge in [0.05, 0.1) is 19.9 Å². The van der Waals surface area contributed by atoms with E-state index in [1.54, 1.807) is 0 Å². The summed E-state index contributed by atoms with van der Waals surface area (Å²) in [5, 5.41) is 0. The van der Waals surface area contributed by atoms with Crippen LogP contribution < -0.4 is 0 Å². The first-order valence-electron chi connectivity index (χ1n) is 11.4. The van der Waals surface area contributed by atoms with E-state index < -0.39 is 0 Å². The monoisotopic (exact) mass is 504 g/mol. The number of epoxide rings is 2. The lowest BCUT2D eigenvalue weighted by Gasteiger charge is -2.47. The normalized spacial score (nSPS) is 104. The highest BCUT2D eigenvalue weighted by Gasteiger charge is 3.26. The molecule has 2 heterocycles. The van der Waals surface area contributed by atoms with Crippen molar-refractivity contribution in [2.45, 2.75) is 42.3 Å². The van der Waals surface area contributed by atoms with Crippen molar-refractivity contribution in [2.75, 3.05) is 14.2 Å². The SMILES string of the molecule is COC12[C@H]3C4C5[C@@H]6C7(OC)[C@H]4[C@]48O[C@]34[C@H]3C4C9[C@H](C7(Br)[C@@H]48)[C@@]64O[C@@]4([C@H]9C31Br)[C@@H]52. The van der Waals surface area contributed by atoms with Gasteiger partial charge in [-0.3, -0.25) is 0 Å². The van der Waals surface area contributed by atoms with Gasteiger partial charge >= 0.3 is 0 Å². The minimum absolute atomic E-state index is 0.0584. The standard InChI is InChI=1S/C22H18Br2O4/c1-25-17-11-5-6-12(17)20-8-4-3-7(15(8,17)23)19(11)21(27-19)9(3)16(24)10(4)22(20,28-20)14(6)18(16,26-2)13(5)21/h3-14H,1-2H3/t3?,4?,5?,6?,7-,8-,9-,10+,11-,12+,13+,14-,15?,16?,17?,18?,19-,20+,21+,22-/m1/s1. The molecule has 0 N–H and O–H groups in total. The van der Waals surface area contributed by atoms with Gasteiger partial charge in [0, 0.05) is 61.6 Å². The van der Waals surface area contributed by atoms with Crippen LogP contribution in [0.15, 0.2) is 0 Å². The number of rotatable bonds is 2. The van der Waals surface area contributed by atoms with Crippen molar-refractivity contribution in [3.05, 3.63) is 0 Å². The fourth-order valence-corrected chi connectivity index (χ4v) is 20.8. The lowest BCUT2D eigenvalue weighted by atomic mass is 9.72. The zero-order valence-corrected chi connectivity index (χ0v) is 18.5. The van der Waals surface area contributed by atoms with E-state index in [2.05, 4.69) is 31.9 Å². The summed E-state index contributed by atoms with van der Waals surface area (Å²) in [7, 11) is 4.06. The summed E-state index contributed by atoms with van der Waals surface area (Å²) >= 11 is 9.13. The van der Waals surface area contributed by atoms with Gasteiger partial charge < -0.3 is 18.9 Å². The Balaban J connectivity index is 1.39. The fraction of sp³-hybridized carbons (Fsp3) is 1.00. The Kier molecular flexibility index (Phi) is 1.21. The third-order valence-corrected chi connectivity index (χ3v) is 18.2. The molecule has 0 bridgehead atoms. The second kappa shape index (κ2) is 2.53. The largest absolute Gasteiger partial charge is 0.376 e. The predicted octanol–water partition coefficient (Wildman–Crippen LogP) is 1.58. The van der Waals surface area contributed by atoms with Crippen molar-refractivity contribution < 1.29 is 18.9 Å². The number of ether oxygens (including phenoxy) is 4. The zero-order valence-electron chi connectivity index (χ0n) is 15.3. The van der Waals surface area contributed by atoms with Crippen LogP contribution in [0.1, 0.15) is 0 Å². The maximum absolute atomic E-state index is 7.21. The van der Waals surface area contributed by atoms with Crippen LogP contribution in [0.25, 0.3) is 0 Å². The van der Waals surface area contributed by atoms with E-state index in [0.29, 0.717) is 47.3 Å². The van der Waals surface area contributed by atoms with Gasteiger partial charge in [-0.15, -0.1) is 0 Å². The number of methoxy groups -OCH3 is 2. The Hall–Kier alpha value is 0.800. The molecule has 20 atom stereocenters. The van der Waals surface area contributed by atoms with E-state index in [0.717, 1.165) is 23.7 Å². The lowest BCUT2D eigenvalue weighted by Crippen LogP contribution is -2.58. The van der Waals surface area contributed by atoms with Crippen LogP contribution in [0, 0.1) is 71.0 Å². The topological polar surface area (TPSA) is 43.5 Å². The molecule has 4 spiro atoms. The maximum atomic E-state index is 7.21. The Labute approximate surface area is 178 Å². The summed E-state index contributed by atoms with van der Waals surface area (Å²) in [5.41, 5.74) is 0.218. The quantitative estimate of drug-likeness (QED) is 0.422. The van der Waals surface area contributed by atoms with Gasteiger partial charge in [0.25, 0.3) is 0 Å². The van der Waals surface area contributed by atoms with Gasteiger partial charge in [0.15, 0.2) is 0 Å². The van der Waals surface area contributed by atoms with Crippen LogP contribution in [-0.2, 0) is 18.9 Å². The second-order valence-electron chi connectivity index (χ2n) is 13.0. The Morgan fingerprint density at radius 2 is 0.821 bits per heavy atom. The molecular weight excluding hydrogens is 488 g/mol. The van der Waals surface area contributed by atoms with Gasteiger partial charge in [-0.2, -0.15) is 0 Å². The third kappa shape index (κ3) is 0.511. The van der Waals surface area contributed by atoms with E-state index in [-0.39, 0.29) is 42.3 Å². The Morgan fingerprint density at radius 3 is 1.11 bits per heavy atom. The first kappa shape index (κ1) is 13.4. The average Bonchev–Trinajstić information content (AvgIpc) is 3.11. The van der Waals surface area contributed by atoms with Crippen molar-refractivity contribution in [1.82, 2.24) is 0 Å². The Morgan fingerprint density at radius 1 is 0.536 bits per heavy atom. The highest BCUT2D eigenvalue weighted by Crippen LogP contribution is 3.15. The smallest absolute Gasteiger partial charge is 0.109 e. The summed E-state index contributed by atoms with van der Waals surface area (Å²) in [6.45, 7) is 0. The molecule has 0 aromatic rings. The summed E-state index contributed by atoms with van der Waals surface area (Å²) in [6, 6.07) is 0. The van der Waals surface area contributed by atoms with Crippen molar-refractivity contribution in [3.8, 4) is 0 Å². The molecule has 12 aliphatic carbocycles. The Bertz CT molecular complexity index is 1000. The number of hydrogen-bond donors (Lipinski definition) is 0. The molecule has 0 aromatic carbocycles. The molecular formula is C22H18Br2O4. The molecule has 2 aliphatic heterocycles. The fourth-order valence-electron chi connectivity index (χ4n) is 16.9. The maximum Gasteiger partial charge on any atom is 0.109 e. The van der Waals surface area contributed by atoms with E-state index >= 15 is 0 Å². The predicted molar refractivity (Wildman–Crippen MR) is 97.8 cm³/mol. The van der Waals surface area contributed by atoms with E-state index in [1.165, 1.54) is 0 Å². The second-order valence-corrected chi connectivity index (χ2v) is 15.7. The van der Waals surface area contributed by atoms with Crippen molar-refractivity contribution in [2.24, 2.45) is 71.0 Å². The average molecular weight is 506 g/mol. The zero-order chi connectivity index (χ0) is 17.8. The van der Waals surface area contributed by atoms with E-state index in [9.17, 15) is 0 Å². The van der Waals surface area contributed by atoms with Crippen LogP contribution in [0.3, 0.4) is 0 Å². The van der Waals surface area contributed by atoms with Gasteiger partial charge in [-0.25, -0.2) is 0 Å². The number of hydrogen-bond acceptors (Lipinski definition) is 4. The molecule has 6 heteroatoms. The van der Waals surface area contributed by atoms with Crippen LogP contribution in [0.4, 0.5) is 0 Å².